The molecule has 1 aliphatic heterocycles. The number of amides is 1. The number of rotatable bonds is 5. The average molecular weight is 276 g/mol. The summed E-state index contributed by atoms with van der Waals surface area (Å²) in [6, 6.07) is 7.89. The molecule has 1 aliphatic rings. The van der Waals surface area contributed by atoms with E-state index in [1.807, 2.05) is 38.1 Å². The highest BCUT2D eigenvalue weighted by Crippen LogP contribution is 2.19. The van der Waals surface area contributed by atoms with Gasteiger partial charge in [-0.05, 0) is 39.2 Å². The van der Waals surface area contributed by atoms with Crippen LogP contribution in [0.4, 0.5) is 0 Å². The van der Waals surface area contributed by atoms with Crippen LogP contribution >= 0.6 is 0 Å². The summed E-state index contributed by atoms with van der Waals surface area (Å²) < 4.78 is 5.80. The monoisotopic (exact) mass is 276 g/mol. The molecule has 20 heavy (non-hydrogen) atoms. The van der Waals surface area contributed by atoms with Crippen LogP contribution in [0.15, 0.2) is 24.3 Å². The van der Waals surface area contributed by atoms with E-state index in [1.54, 1.807) is 0 Å². The molecule has 1 atom stereocenters. The van der Waals surface area contributed by atoms with Gasteiger partial charge in [-0.2, -0.15) is 0 Å². The zero-order chi connectivity index (χ0) is 14.4. The molecule has 110 valence electrons. The van der Waals surface area contributed by atoms with Gasteiger partial charge in [0.2, 0.25) is 5.91 Å². The van der Waals surface area contributed by atoms with Crippen LogP contribution in [0.1, 0.15) is 38.7 Å². The Bertz CT molecular complexity index is 446. The third kappa shape index (κ3) is 4.23. The fourth-order valence-electron chi connectivity index (χ4n) is 2.39. The van der Waals surface area contributed by atoms with E-state index < -0.39 is 0 Å². The van der Waals surface area contributed by atoms with Crippen molar-refractivity contribution in [2.24, 2.45) is 0 Å². The van der Waals surface area contributed by atoms with Gasteiger partial charge in [0.05, 0.1) is 12.1 Å². The highest BCUT2D eigenvalue weighted by atomic mass is 16.5. The van der Waals surface area contributed by atoms with Gasteiger partial charge in [0.1, 0.15) is 5.75 Å². The van der Waals surface area contributed by atoms with Gasteiger partial charge in [0.15, 0.2) is 0 Å². The second kappa shape index (κ2) is 7.29. The number of carbonyl (C=O) groups excluding carboxylic acids is 1. The maximum absolute atomic E-state index is 11.9. The van der Waals surface area contributed by atoms with Crippen LogP contribution < -0.4 is 15.4 Å². The SMILES string of the molecule is CC(C)Oc1ccccc1CNC1CCCCNC1=O. The number of hydrogen-bond acceptors (Lipinski definition) is 3. The minimum Gasteiger partial charge on any atom is -0.491 e. The summed E-state index contributed by atoms with van der Waals surface area (Å²) in [4.78, 5) is 11.9. The molecule has 0 aromatic heterocycles. The predicted molar refractivity (Wildman–Crippen MR) is 79.7 cm³/mol. The summed E-state index contributed by atoms with van der Waals surface area (Å²) >= 11 is 0. The highest BCUT2D eigenvalue weighted by molar-refractivity contribution is 5.81. The summed E-state index contributed by atoms with van der Waals surface area (Å²) in [6.07, 6.45) is 3.20. The molecule has 0 radical (unpaired) electrons. The lowest BCUT2D eigenvalue weighted by molar-refractivity contribution is -0.122. The van der Waals surface area contributed by atoms with Crippen molar-refractivity contribution in [2.45, 2.75) is 51.8 Å². The molecular formula is C16H24N2O2. The smallest absolute Gasteiger partial charge is 0.237 e. The van der Waals surface area contributed by atoms with Gasteiger partial charge in [0.25, 0.3) is 0 Å². The van der Waals surface area contributed by atoms with Gasteiger partial charge in [-0.25, -0.2) is 0 Å². The lowest BCUT2D eigenvalue weighted by Crippen LogP contribution is -2.42. The van der Waals surface area contributed by atoms with Gasteiger partial charge in [0, 0.05) is 18.7 Å². The van der Waals surface area contributed by atoms with Gasteiger partial charge in [-0.1, -0.05) is 18.2 Å². The summed E-state index contributed by atoms with van der Waals surface area (Å²) in [5.41, 5.74) is 1.10. The normalized spacial score (nSPS) is 19.6. The second-order valence-electron chi connectivity index (χ2n) is 5.49. The maximum Gasteiger partial charge on any atom is 0.237 e. The molecule has 0 spiro atoms. The molecule has 0 aliphatic carbocycles. The van der Waals surface area contributed by atoms with Crippen molar-refractivity contribution < 1.29 is 9.53 Å². The predicted octanol–water partition coefficient (Wildman–Crippen LogP) is 2.23. The Kier molecular flexibility index (Phi) is 5.41. The van der Waals surface area contributed by atoms with Crippen LogP contribution in [0.2, 0.25) is 0 Å². The summed E-state index contributed by atoms with van der Waals surface area (Å²) in [5.74, 6) is 1.01. The van der Waals surface area contributed by atoms with Crippen LogP contribution in [-0.4, -0.2) is 24.6 Å². The van der Waals surface area contributed by atoms with Gasteiger partial charge >= 0.3 is 0 Å². The molecule has 1 aromatic carbocycles. The third-order valence-corrected chi connectivity index (χ3v) is 3.41. The van der Waals surface area contributed by atoms with Gasteiger partial charge in [-0.3, -0.25) is 4.79 Å². The zero-order valence-corrected chi connectivity index (χ0v) is 12.3. The minimum atomic E-state index is -0.0930. The first-order valence-corrected chi connectivity index (χ1v) is 7.42. The number of para-hydroxylation sites is 1. The van der Waals surface area contributed by atoms with E-state index >= 15 is 0 Å². The fraction of sp³-hybridized carbons (Fsp3) is 0.562. The Morgan fingerprint density at radius 1 is 1.35 bits per heavy atom. The van der Waals surface area contributed by atoms with Gasteiger partial charge < -0.3 is 15.4 Å². The molecule has 1 saturated heterocycles. The van der Waals surface area contributed by atoms with E-state index in [9.17, 15) is 4.79 Å². The van der Waals surface area contributed by atoms with Crippen molar-refractivity contribution in [2.75, 3.05) is 6.54 Å². The molecule has 1 fully saturated rings. The molecule has 2 rings (SSSR count). The second-order valence-corrected chi connectivity index (χ2v) is 5.49. The average Bonchev–Trinajstić information content (AvgIpc) is 2.62. The van der Waals surface area contributed by atoms with Crippen LogP contribution in [0.3, 0.4) is 0 Å². The first kappa shape index (κ1) is 14.9. The first-order chi connectivity index (χ1) is 9.66. The maximum atomic E-state index is 11.9. The minimum absolute atomic E-state index is 0.0930. The molecule has 0 bridgehead atoms. The van der Waals surface area contributed by atoms with Crippen molar-refractivity contribution in [3.63, 3.8) is 0 Å². The Morgan fingerprint density at radius 2 is 2.15 bits per heavy atom. The van der Waals surface area contributed by atoms with Crippen LogP contribution in [0.25, 0.3) is 0 Å². The number of nitrogens with one attached hydrogen (secondary N) is 2. The lowest BCUT2D eigenvalue weighted by atomic mass is 10.1. The summed E-state index contributed by atoms with van der Waals surface area (Å²) in [7, 11) is 0. The van der Waals surface area contributed by atoms with Crippen molar-refractivity contribution in [1.29, 1.82) is 0 Å². The van der Waals surface area contributed by atoms with E-state index in [1.165, 1.54) is 0 Å². The van der Waals surface area contributed by atoms with E-state index in [0.717, 1.165) is 37.1 Å². The molecule has 4 heteroatoms. The molecule has 4 nitrogen and oxygen atoms in total. The number of carbonyl (C=O) groups is 1. The highest BCUT2D eigenvalue weighted by Gasteiger charge is 2.20. The number of benzene rings is 1. The zero-order valence-electron chi connectivity index (χ0n) is 12.3. The number of ether oxygens (including phenoxy) is 1. The standard InChI is InChI=1S/C16H24N2O2/c1-12(2)20-15-9-4-3-7-13(15)11-18-14-8-5-6-10-17-16(14)19/h3-4,7,9,12,14,18H,5-6,8,10-11H2,1-2H3,(H,17,19). The lowest BCUT2D eigenvalue weighted by Gasteiger charge is -2.18. The third-order valence-electron chi connectivity index (χ3n) is 3.41. The van der Waals surface area contributed by atoms with Crippen LogP contribution in [-0.2, 0) is 11.3 Å². The van der Waals surface area contributed by atoms with Crippen molar-refractivity contribution in [3.05, 3.63) is 29.8 Å². The van der Waals surface area contributed by atoms with Crippen molar-refractivity contribution >= 4 is 5.91 Å². The van der Waals surface area contributed by atoms with E-state index in [2.05, 4.69) is 10.6 Å². The quantitative estimate of drug-likeness (QED) is 0.867. The van der Waals surface area contributed by atoms with E-state index in [4.69, 9.17) is 4.74 Å². The fourth-order valence-corrected chi connectivity index (χ4v) is 2.39. The molecule has 2 N–H and O–H groups in total. The van der Waals surface area contributed by atoms with Crippen LogP contribution in [0, 0.1) is 0 Å². The van der Waals surface area contributed by atoms with Crippen LogP contribution in [0.5, 0.6) is 5.75 Å². The van der Waals surface area contributed by atoms with E-state index in [-0.39, 0.29) is 18.1 Å². The summed E-state index contributed by atoms with van der Waals surface area (Å²) in [6.45, 7) is 5.48. The Labute approximate surface area is 120 Å². The molecule has 1 aromatic rings. The summed E-state index contributed by atoms with van der Waals surface area (Å²) in [5, 5.41) is 6.29. The Hall–Kier alpha value is -1.55. The number of hydrogen-bond donors (Lipinski definition) is 2. The topological polar surface area (TPSA) is 50.4 Å². The van der Waals surface area contributed by atoms with Gasteiger partial charge in [-0.15, -0.1) is 0 Å². The Balaban J connectivity index is 1.97. The molecular weight excluding hydrogens is 252 g/mol. The molecule has 1 heterocycles. The molecule has 0 saturated carbocycles. The Morgan fingerprint density at radius 3 is 2.95 bits per heavy atom. The molecule has 1 unspecified atom stereocenters. The molecule has 1 amide bonds. The van der Waals surface area contributed by atoms with E-state index in [0.29, 0.717) is 6.54 Å². The van der Waals surface area contributed by atoms with Crippen molar-refractivity contribution in [3.8, 4) is 5.75 Å². The van der Waals surface area contributed by atoms with Crippen molar-refractivity contribution in [1.82, 2.24) is 10.6 Å². The first-order valence-electron chi connectivity index (χ1n) is 7.42. The largest absolute Gasteiger partial charge is 0.491 e.